The van der Waals surface area contributed by atoms with Gasteiger partial charge in [0.05, 0.1) is 17.3 Å². The maximum atomic E-state index is 9.23. The van der Waals surface area contributed by atoms with E-state index in [0.29, 0.717) is 5.56 Å². The van der Waals surface area contributed by atoms with E-state index in [4.69, 9.17) is 0 Å². The summed E-state index contributed by atoms with van der Waals surface area (Å²) in [5.41, 5.74) is 12.5. The van der Waals surface area contributed by atoms with E-state index in [9.17, 15) is 5.26 Å². The van der Waals surface area contributed by atoms with Crippen LogP contribution in [0.1, 0.15) is 46.2 Å². The largest absolute Gasteiger partial charge is 0.344 e. The molecule has 0 saturated heterocycles. The number of fused-ring (bicyclic) bond motifs is 1. The minimum Gasteiger partial charge on any atom is -0.344 e. The Kier molecular flexibility index (Phi) is 6.02. The lowest BCUT2D eigenvalue weighted by molar-refractivity contribution is 1.08. The zero-order chi connectivity index (χ0) is 23.5. The lowest BCUT2D eigenvalue weighted by atomic mass is 9.78. The predicted octanol–water partition coefficient (Wildman–Crippen LogP) is 7.78. The molecule has 5 rings (SSSR count). The van der Waals surface area contributed by atoms with Crippen molar-refractivity contribution in [3.05, 3.63) is 131 Å². The minimum atomic E-state index is 0.706. The first-order valence-electron chi connectivity index (χ1n) is 11.8. The molecule has 0 fully saturated rings. The normalized spacial score (nSPS) is 14.8. The molecule has 2 heteroatoms. The van der Waals surface area contributed by atoms with E-state index in [1.807, 2.05) is 24.3 Å². The number of nitrogens with zero attached hydrogens (tertiary/aromatic N) is 2. The molecule has 0 unspecified atom stereocenters. The number of benzene rings is 3. The van der Waals surface area contributed by atoms with Crippen LogP contribution in [0.25, 0.3) is 11.1 Å². The van der Waals surface area contributed by atoms with Crippen LogP contribution in [-0.2, 0) is 12.8 Å². The molecule has 2 aliphatic carbocycles. The van der Waals surface area contributed by atoms with Crippen LogP contribution in [0.3, 0.4) is 0 Å². The Hall–Kier alpha value is -4.09. The van der Waals surface area contributed by atoms with Crippen LogP contribution < -0.4 is 4.90 Å². The molecular formula is C32H28N2. The Morgan fingerprint density at radius 3 is 2.59 bits per heavy atom. The second-order valence-electron chi connectivity index (χ2n) is 8.96. The summed E-state index contributed by atoms with van der Waals surface area (Å²) < 4.78 is 0. The van der Waals surface area contributed by atoms with E-state index in [-0.39, 0.29) is 0 Å². The molecule has 2 nitrogen and oxygen atoms in total. The monoisotopic (exact) mass is 440 g/mol. The number of hydrogen-bond acceptors (Lipinski definition) is 2. The molecule has 166 valence electrons. The highest BCUT2D eigenvalue weighted by Crippen LogP contribution is 2.47. The molecule has 3 aromatic carbocycles. The maximum Gasteiger partial charge on any atom is 0.0991 e. The second kappa shape index (κ2) is 9.41. The molecule has 0 aromatic heterocycles. The summed E-state index contributed by atoms with van der Waals surface area (Å²) in [5, 5.41) is 9.23. The molecule has 0 radical (unpaired) electrons. The summed E-state index contributed by atoms with van der Waals surface area (Å²) in [5.74, 6) is 0. The van der Waals surface area contributed by atoms with Crippen molar-refractivity contribution >= 4 is 22.5 Å². The van der Waals surface area contributed by atoms with Crippen LogP contribution in [0.15, 0.2) is 97.6 Å². The molecular weight excluding hydrogens is 412 g/mol. The van der Waals surface area contributed by atoms with Crippen molar-refractivity contribution in [3.8, 4) is 6.07 Å². The van der Waals surface area contributed by atoms with Gasteiger partial charge in [0.1, 0.15) is 0 Å². The summed E-state index contributed by atoms with van der Waals surface area (Å²) in [7, 11) is 2.18. The van der Waals surface area contributed by atoms with Gasteiger partial charge < -0.3 is 4.90 Å². The second-order valence-corrected chi connectivity index (χ2v) is 8.96. The predicted molar refractivity (Wildman–Crippen MR) is 143 cm³/mol. The van der Waals surface area contributed by atoms with Gasteiger partial charge in [-0.25, -0.2) is 0 Å². The first kappa shape index (κ1) is 21.7. The van der Waals surface area contributed by atoms with E-state index in [0.717, 1.165) is 31.2 Å². The lowest BCUT2D eigenvalue weighted by Gasteiger charge is -2.34. The molecule has 0 heterocycles. The summed E-state index contributed by atoms with van der Waals surface area (Å²) in [4.78, 5) is 2.35. The van der Waals surface area contributed by atoms with E-state index >= 15 is 0 Å². The van der Waals surface area contributed by atoms with Crippen LogP contribution >= 0.6 is 0 Å². The zero-order valence-electron chi connectivity index (χ0n) is 19.6. The van der Waals surface area contributed by atoms with Crippen molar-refractivity contribution in [2.24, 2.45) is 0 Å². The van der Waals surface area contributed by atoms with E-state index in [2.05, 4.69) is 91.4 Å². The fourth-order valence-electron chi connectivity index (χ4n) is 4.98. The van der Waals surface area contributed by atoms with Gasteiger partial charge in [-0.05, 0) is 76.9 Å². The smallest absolute Gasteiger partial charge is 0.0991 e. The van der Waals surface area contributed by atoms with Gasteiger partial charge in [-0.1, -0.05) is 66.8 Å². The zero-order valence-corrected chi connectivity index (χ0v) is 19.6. The molecule has 2 aliphatic rings. The van der Waals surface area contributed by atoms with Crippen LogP contribution in [-0.4, -0.2) is 7.05 Å². The molecule has 3 aromatic rings. The SMILES string of the molecule is C=CC/C=C1\Cc2c1ccc(C1=CC=CC1)c2N(C)c1cccc(Cc2cccc(C#N)c2)c1. The number of allylic oxidation sites excluding steroid dienone is 7. The number of rotatable bonds is 7. The number of hydrogen-bond donors (Lipinski definition) is 0. The van der Waals surface area contributed by atoms with Crippen molar-refractivity contribution in [2.45, 2.75) is 25.7 Å². The summed E-state index contributed by atoms with van der Waals surface area (Å²) in [6, 6.07) is 23.5. The highest BCUT2D eigenvalue weighted by Gasteiger charge is 2.28. The van der Waals surface area contributed by atoms with E-state index in [1.54, 1.807) is 0 Å². The first-order valence-corrected chi connectivity index (χ1v) is 11.8. The van der Waals surface area contributed by atoms with Crippen LogP contribution in [0.2, 0.25) is 0 Å². The summed E-state index contributed by atoms with van der Waals surface area (Å²) >= 11 is 0. The van der Waals surface area contributed by atoms with Gasteiger partial charge in [-0.15, -0.1) is 6.58 Å². The Morgan fingerprint density at radius 1 is 1.03 bits per heavy atom. The summed E-state index contributed by atoms with van der Waals surface area (Å²) in [6.07, 6.45) is 14.6. The van der Waals surface area contributed by atoms with Crippen molar-refractivity contribution in [1.82, 2.24) is 0 Å². The molecule has 0 spiro atoms. The topological polar surface area (TPSA) is 27.0 Å². The van der Waals surface area contributed by atoms with Crippen molar-refractivity contribution < 1.29 is 0 Å². The van der Waals surface area contributed by atoms with Crippen molar-refractivity contribution in [3.63, 3.8) is 0 Å². The van der Waals surface area contributed by atoms with Crippen LogP contribution in [0, 0.1) is 11.3 Å². The van der Waals surface area contributed by atoms with Crippen LogP contribution in [0.5, 0.6) is 0 Å². The molecule has 0 atom stereocenters. The summed E-state index contributed by atoms with van der Waals surface area (Å²) in [6.45, 7) is 3.86. The standard InChI is InChI=1S/C32H28N2/c1-3-4-12-27-21-31-29(27)16-17-30(26-13-5-6-14-26)32(31)34(2)28-15-8-10-24(20-28)18-23-9-7-11-25(19-23)22-33/h3,5-13,15-17,19-20H,1,4,14,18,21H2,2H3/b27-12+. The number of anilines is 2. The molecule has 0 N–H and O–H groups in total. The average molecular weight is 441 g/mol. The fourth-order valence-corrected chi connectivity index (χ4v) is 4.98. The third-order valence-corrected chi connectivity index (χ3v) is 6.74. The average Bonchev–Trinajstić information content (AvgIpc) is 3.39. The minimum absolute atomic E-state index is 0.706. The Bertz CT molecular complexity index is 1390. The molecule has 0 saturated carbocycles. The van der Waals surface area contributed by atoms with Gasteiger partial charge in [-0.2, -0.15) is 5.26 Å². The quantitative estimate of drug-likeness (QED) is 0.351. The Labute approximate surface area is 202 Å². The Morgan fingerprint density at radius 2 is 1.82 bits per heavy atom. The molecule has 34 heavy (non-hydrogen) atoms. The van der Waals surface area contributed by atoms with Gasteiger partial charge in [0.2, 0.25) is 0 Å². The fraction of sp³-hybridized carbons (Fsp3) is 0.156. The van der Waals surface area contributed by atoms with E-state index in [1.165, 1.54) is 44.8 Å². The molecule has 0 amide bonds. The Balaban J connectivity index is 1.51. The van der Waals surface area contributed by atoms with Crippen molar-refractivity contribution in [2.75, 3.05) is 11.9 Å². The lowest BCUT2D eigenvalue weighted by Crippen LogP contribution is -2.19. The van der Waals surface area contributed by atoms with Gasteiger partial charge in [-0.3, -0.25) is 0 Å². The van der Waals surface area contributed by atoms with Crippen LogP contribution in [0.4, 0.5) is 11.4 Å². The number of nitriles is 1. The van der Waals surface area contributed by atoms with Gasteiger partial charge in [0, 0.05) is 24.7 Å². The van der Waals surface area contributed by atoms with Gasteiger partial charge in [0.15, 0.2) is 0 Å². The first-order chi connectivity index (χ1) is 16.7. The highest BCUT2D eigenvalue weighted by molar-refractivity contribution is 5.93. The highest BCUT2D eigenvalue weighted by atomic mass is 15.1. The van der Waals surface area contributed by atoms with Crippen molar-refractivity contribution in [1.29, 1.82) is 5.26 Å². The molecule has 0 aliphatic heterocycles. The molecule has 0 bridgehead atoms. The van der Waals surface area contributed by atoms with Gasteiger partial charge in [0.25, 0.3) is 0 Å². The third kappa shape index (κ3) is 4.14. The third-order valence-electron chi connectivity index (χ3n) is 6.74. The van der Waals surface area contributed by atoms with E-state index < -0.39 is 0 Å². The van der Waals surface area contributed by atoms with Gasteiger partial charge >= 0.3 is 0 Å². The maximum absolute atomic E-state index is 9.23.